The minimum absolute atomic E-state index is 0.0524. The number of rotatable bonds is 5. The molecule has 0 radical (unpaired) electrons. The molecule has 0 aromatic rings. The molecule has 1 saturated heterocycles. The van der Waals surface area contributed by atoms with Crippen LogP contribution in [0.5, 0.6) is 0 Å². The minimum Gasteiger partial charge on any atom is -0.341 e. The van der Waals surface area contributed by atoms with E-state index in [4.69, 9.17) is 5.26 Å². The van der Waals surface area contributed by atoms with Gasteiger partial charge in [-0.15, -0.1) is 0 Å². The molecule has 1 aliphatic rings. The Morgan fingerprint density at radius 3 is 2.59 bits per heavy atom. The topological polar surface area (TPSA) is 44.1 Å². The van der Waals surface area contributed by atoms with Crippen LogP contribution in [-0.2, 0) is 4.79 Å². The Balaban J connectivity index is 2.56. The third kappa shape index (κ3) is 4.03. The Labute approximate surface area is 105 Å². The van der Waals surface area contributed by atoms with Crippen LogP contribution < -0.4 is 0 Å². The lowest BCUT2D eigenvalue weighted by Crippen LogP contribution is -2.42. The molecule has 3 nitrogen and oxygen atoms in total. The first-order valence-electron chi connectivity index (χ1n) is 6.91. The van der Waals surface area contributed by atoms with E-state index in [9.17, 15) is 4.79 Å². The maximum Gasteiger partial charge on any atom is 0.225 e. The first-order chi connectivity index (χ1) is 8.22. The van der Waals surface area contributed by atoms with Gasteiger partial charge in [-0.05, 0) is 25.7 Å². The van der Waals surface area contributed by atoms with E-state index in [1.807, 2.05) is 4.90 Å². The van der Waals surface area contributed by atoms with Gasteiger partial charge in [-0.2, -0.15) is 5.26 Å². The standard InChI is InChI=1S/C14H24N2O/c1-3-6-13(7-4-2)14(17)16-9-5-8-12(10-15)11-16/h12-13H,3-9,11H2,1-2H3. The van der Waals surface area contributed by atoms with Crippen LogP contribution in [0.4, 0.5) is 0 Å². The van der Waals surface area contributed by atoms with E-state index < -0.39 is 0 Å². The summed E-state index contributed by atoms with van der Waals surface area (Å²) in [5, 5.41) is 8.95. The molecular formula is C14H24N2O. The van der Waals surface area contributed by atoms with E-state index in [-0.39, 0.29) is 17.7 Å². The van der Waals surface area contributed by atoms with E-state index in [1.165, 1.54) is 0 Å². The molecule has 0 aromatic heterocycles. The normalized spacial score (nSPS) is 20.4. The first kappa shape index (κ1) is 14.0. The Morgan fingerprint density at radius 2 is 2.06 bits per heavy atom. The maximum absolute atomic E-state index is 12.4. The molecular weight excluding hydrogens is 212 g/mol. The van der Waals surface area contributed by atoms with Crippen LogP contribution >= 0.6 is 0 Å². The van der Waals surface area contributed by atoms with Crippen molar-refractivity contribution in [2.45, 2.75) is 52.4 Å². The first-order valence-corrected chi connectivity index (χ1v) is 6.91. The minimum atomic E-state index is 0.0524. The molecule has 1 unspecified atom stereocenters. The number of likely N-dealkylation sites (tertiary alicyclic amines) is 1. The highest BCUT2D eigenvalue weighted by molar-refractivity contribution is 5.79. The molecule has 1 amide bonds. The largest absolute Gasteiger partial charge is 0.341 e. The second kappa shape index (κ2) is 7.32. The van der Waals surface area contributed by atoms with Gasteiger partial charge in [-0.1, -0.05) is 26.7 Å². The molecule has 0 bridgehead atoms. The zero-order valence-corrected chi connectivity index (χ0v) is 11.1. The second-order valence-corrected chi connectivity index (χ2v) is 5.03. The third-order valence-electron chi connectivity index (χ3n) is 3.54. The molecule has 1 fully saturated rings. The highest BCUT2D eigenvalue weighted by Crippen LogP contribution is 2.22. The van der Waals surface area contributed by atoms with Crippen molar-refractivity contribution < 1.29 is 4.79 Å². The highest BCUT2D eigenvalue weighted by atomic mass is 16.2. The smallest absolute Gasteiger partial charge is 0.225 e. The Kier molecular flexibility index (Phi) is 6.04. The van der Waals surface area contributed by atoms with Gasteiger partial charge in [0.25, 0.3) is 0 Å². The molecule has 0 N–H and O–H groups in total. The van der Waals surface area contributed by atoms with E-state index in [1.54, 1.807) is 0 Å². The average molecular weight is 236 g/mol. The molecule has 1 heterocycles. The van der Waals surface area contributed by atoms with Gasteiger partial charge in [0.05, 0.1) is 12.0 Å². The zero-order chi connectivity index (χ0) is 12.7. The lowest BCUT2D eigenvalue weighted by molar-refractivity contribution is -0.137. The second-order valence-electron chi connectivity index (χ2n) is 5.03. The van der Waals surface area contributed by atoms with Crippen LogP contribution in [0.3, 0.4) is 0 Å². The third-order valence-corrected chi connectivity index (χ3v) is 3.54. The number of carbonyl (C=O) groups is 1. The maximum atomic E-state index is 12.4. The predicted molar refractivity (Wildman–Crippen MR) is 68.2 cm³/mol. The highest BCUT2D eigenvalue weighted by Gasteiger charge is 2.27. The number of nitrogens with zero attached hydrogens (tertiary/aromatic N) is 2. The van der Waals surface area contributed by atoms with Crippen molar-refractivity contribution in [1.82, 2.24) is 4.90 Å². The van der Waals surface area contributed by atoms with Crippen molar-refractivity contribution in [2.75, 3.05) is 13.1 Å². The van der Waals surface area contributed by atoms with Crippen molar-refractivity contribution in [3.63, 3.8) is 0 Å². The predicted octanol–water partition coefficient (Wildman–Crippen LogP) is 2.96. The zero-order valence-electron chi connectivity index (χ0n) is 11.1. The van der Waals surface area contributed by atoms with E-state index in [0.29, 0.717) is 6.54 Å². The fourth-order valence-electron chi connectivity index (χ4n) is 2.63. The van der Waals surface area contributed by atoms with Crippen molar-refractivity contribution in [2.24, 2.45) is 11.8 Å². The van der Waals surface area contributed by atoms with Crippen molar-refractivity contribution in [3.8, 4) is 6.07 Å². The Hall–Kier alpha value is -1.04. The molecule has 96 valence electrons. The summed E-state index contributed by atoms with van der Waals surface area (Å²) < 4.78 is 0. The molecule has 3 heteroatoms. The lowest BCUT2D eigenvalue weighted by Gasteiger charge is -2.32. The van der Waals surface area contributed by atoms with E-state index >= 15 is 0 Å². The fourth-order valence-corrected chi connectivity index (χ4v) is 2.63. The van der Waals surface area contributed by atoms with Crippen LogP contribution in [0.25, 0.3) is 0 Å². The number of hydrogen-bond acceptors (Lipinski definition) is 2. The fraction of sp³-hybridized carbons (Fsp3) is 0.857. The molecule has 0 spiro atoms. The summed E-state index contributed by atoms with van der Waals surface area (Å²) in [6.45, 7) is 5.76. The molecule has 0 aromatic carbocycles. The molecule has 0 saturated carbocycles. The summed E-state index contributed by atoms with van der Waals surface area (Å²) in [7, 11) is 0. The summed E-state index contributed by atoms with van der Waals surface area (Å²) in [6.07, 6.45) is 6.03. The van der Waals surface area contributed by atoms with Gasteiger partial charge < -0.3 is 4.90 Å². The van der Waals surface area contributed by atoms with Crippen molar-refractivity contribution >= 4 is 5.91 Å². The van der Waals surface area contributed by atoms with Crippen LogP contribution in [-0.4, -0.2) is 23.9 Å². The molecule has 1 rings (SSSR count). The Bertz CT molecular complexity index is 276. The summed E-state index contributed by atoms with van der Waals surface area (Å²) in [5.41, 5.74) is 0. The van der Waals surface area contributed by atoms with Crippen LogP contribution in [0.2, 0.25) is 0 Å². The van der Waals surface area contributed by atoms with Gasteiger partial charge in [0.1, 0.15) is 0 Å². The van der Waals surface area contributed by atoms with E-state index in [0.717, 1.165) is 45.1 Å². The van der Waals surface area contributed by atoms with E-state index in [2.05, 4.69) is 19.9 Å². The van der Waals surface area contributed by atoms with Crippen LogP contribution in [0, 0.1) is 23.2 Å². The van der Waals surface area contributed by atoms with Crippen LogP contribution in [0.1, 0.15) is 52.4 Å². The lowest BCUT2D eigenvalue weighted by atomic mass is 9.93. The van der Waals surface area contributed by atoms with Crippen LogP contribution in [0.15, 0.2) is 0 Å². The summed E-state index contributed by atoms with van der Waals surface area (Å²) in [4.78, 5) is 14.3. The number of carbonyl (C=O) groups excluding carboxylic acids is 1. The van der Waals surface area contributed by atoms with Crippen molar-refractivity contribution in [3.05, 3.63) is 0 Å². The Morgan fingerprint density at radius 1 is 1.41 bits per heavy atom. The average Bonchev–Trinajstić information content (AvgIpc) is 2.38. The van der Waals surface area contributed by atoms with Gasteiger partial charge in [0.2, 0.25) is 5.91 Å². The summed E-state index contributed by atoms with van der Waals surface area (Å²) in [6, 6.07) is 2.30. The van der Waals surface area contributed by atoms with Crippen molar-refractivity contribution in [1.29, 1.82) is 5.26 Å². The summed E-state index contributed by atoms with van der Waals surface area (Å²) in [5.74, 6) is 0.521. The molecule has 1 aliphatic heterocycles. The van der Waals surface area contributed by atoms with Gasteiger partial charge in [-0.25, -0.2) is 0 Å². The van der Waals surface area contributed by atoms with Gasteiger partial charge in [0, 0.05) is 19.0 Å². The number of nitriles is 1. The monoisotopic (exact) mass is 236 g/mol. The van der Waals surface area contributed by atoms with Gasteiger partial charge in [0.15, 0.2) is 0 Å². The molecule has 0 aliphatic carbocycles. The van der Waals surface area contributed by atoms with Gasteiger partial charge in [-0.3, -0.25) is 4.79 Å². The van der Waals surface area contributed by atoms with Gasteiger partial charge >= 0.3 is 0 Å². The number of amides is 1. The molecule has 1 atom stereocenters. The molecule has 17 heavy (non-hydrogen) atoms. The summed E-state index contributed by atoms with van der Waals surface area (Å²) >= 11 is 0. The SMILES string of the molecule is CCCC(CCC)C(=O)N1CCCC(C#N)C1. The quantitative estimate of drug-likeness (QED) is 0.736. The number of piperidine rings is 1. The number of hydrogen-bond donors (Lipinski definition) is 0.